The quantitative estimate of drug-likeness (QED) is 0.801. The van der Waals surface area contributed by atoms with Crippen molar-refractivity contribution in [1.82, 2.24) is 0 Å². The standard InChI is InChI=1S/C16H26N2S/c1-3-6-13-9-10-18(12-13)15-7-5-8-16(19-4-2)14(15)11-17/h5,7-8,13H,3-4,6,9-12,17H2,1-2H3. The summed E-state index contributed by atoms with van der Waals surface area (Å²) >= 11 is 1.90. The third-order valence-electron chi connectivity index (χ3n) is 3.94. The van der Waals surface area contributed by atoms with Gasteiger partial charge in [0.05, 0.1) is 0 Å². The van der Waals surface area contributed by atoms with Crippen molar-refractivity contribution in [2.45, 2.75) is 44.6 Å². The zero-order chi connectivity index (χ0) is 13.7. The van der Waals surface area contributed by atoms with Gasteiger partial charge in [-0.1, -0.05) is 26.3 Å². The molecule has 3 heteroatoms. The first kappa shape index (κ1) is 14.7. The zero-order valence-electron chi connectivity index (χ0n) is 12.2. The van der Waals surface area contributed by atoms with Gasteiger partial charge in [-0.15, -0.1) is 11.8 Å². The molecule has 0 radical (unpaired) electrons. The topological polar surface area (TPSA) is 29.3 Å². The highest BCUT2D eigenvalue weighted by atomic mass is 32.2. The van der Waals surface area contributed by atoms with Gasteiger partial charge in [0.15, 0.2) is 0 Å². The Kier molecular flexibility index (Phi) is 5.59. The highest BCUT2D eigenvalue weighted by molar-refractivity contribution is 7.99. The lowest BCUT2D eigenvalue weighted by molar-refractivity contribution is 0.529. The highest BCUT2D eigenvalue weighted by Gasteiger charge is 2.23. The second-order valence-corrected chi connectivity index (χ2v) is 6.59. The summed E-state index contributed by atoms with van der Waals surface area (Å²) in [6.07, 6.45) is 3.99. The van der Waals surface area contributed by atoms with E-state index in [1.807, 2.05) is 11.8 Å². The van der Waals surface area contributed by atoms with E-state index in [4.69, 9.17) is 5.73 Å². The van der Waals surface area contributed by atoms with Gasteiger partial charge in [0.2, 0.25) is 0 Å². The fourth-order valence-corrected chi connectivity index (χ4v) is 3.89. The van der Waals surface area contributed by atoms with E-state index in [1.54, 1.807) is 0 Å². The maximum Gasteiger partial charge on any atom is 0.0423 e. The van der Waals surface area contributed by atoms with Crippen LogP contribution in [0.4, 0.5) is 5.69 Å². The third kappa shape index (κ3) is 3.46. The maximum atomic E-state index is 6.00. The van der Waals surface area contributed by atoms with Gasteiger partial charge < -0.3 is 10.6 Å². The molecule has 2 rings (SSSR count). The van der Waals surface area contributed by atoms with Crippen molar-refractivity contribution >= 4 is 17.4 Å². The van der Waals surface area contributed by atoms with Crippen LogP contribution in [0.2, 0.25) is 0 Å². The van der Waals surface area contributed by atoms with Crippen molar-refractivity contribution in [3.8, 4) is 0 Å². The van der Waals surface area contributed by atoms with Crippen LogP contribution in [0.25, 0.3) is 0 Å². The number of hydrogen-bond donors (Lipinski definition) is 1. The van der Waals surface area contributed by atoms with Gasteiger partial charge in [0.25, 0.3) is 0 Å². The molecule has 1 unspecified atom stereocenters. The van der Waals surface area contributed by atoms with Gasteiger partial charge in [-0.2, -0.15) is 0 Å². The highest BCUT2D eigenvalue weighted by Crippen LogP contribution is 2.34. The van der Waals surface area contributed by atoms with E-state index in [0.29, 0.717) is 6.54 Å². The predicted octanol–water partition coefficient (Wildman–Crippen LogP) is 3.88. The summed E-state index contributed by atoms with van der Waals surface area (Å²) < 4.78 is 0. The van der Waals surface area contributed by atoms with E-state index in [-0.39, 0.29) is 0 Å². The molecule has 1 aliphatic heterocycles. The first-order valence-corrected chi connectivity index (χ1v) is 8.48. The van der Waals surface area contributed by atoms with Crippen LogP contribution in [0.15, 0.2) is 23.1 Å². The lowest BCUT2D eigenvalue weighted by Crippen LogP contribution is -2.22. The van der Waals surface area contributed by atoms with Crippen molar-refractivity contribution < 1.29 is 0 Å². The molecule has 0 amide bonds. The fraction of sp³-hybridized carbons (Fsp3) is 0.625. The molecule has 0 bridgehead atoms. The molecule has 106 valence electrons. The van der Waals surface area contributed by atoms with Crippen LogP contribution in [-0.4, -0.2) is 18.8 Å². The molecule has 1 fully saturated rings. The lowest BCUT2D eigenvalue weighted by atomic mass is 10.0. The molecule has 2 nitrogen and oxygen atoms in total. The molecular weight excluding hydrogens is 252 g/mol. The minimum absolute atomic E-state index is 0.646. The Labute approximate surface area is 121 Å². The van der Waals surface area contributed by atoms with E-state index in [1.165, 1.54) is 48.5 Å². The Hall–Kier alpha value is -0.670. The smallest absolute Gasteiger partial charge is 0.0423 e. The number of thioether (sulfide) groups is 1. The summed E-state index contributed by atoms with van der Waals surface area (Å²) in [5.41, 5.74) is 8.72. The number of nitrogens with zero attached hydrogens (tertiary/aromatic N) is 1. The van der Waals surface area contributed by atoms with Crippen molar-refractivity contribution in [3.63, 3.8) is 0 Å². The normalized spacial score (nSPS) is 19.1. The minimum atomic E-state index is 0.646. The van der Waals surface area contributed by atoms with Crippen LogP contribution >= 0.6 is 11.8 Å². The molecule has 0 aliphatic carbocycles. The summed E-state index contributed by atoms with van der Waals surface area (Å²) in [6.45, 7) is 7.53. The molecule has 1 aromatic rings. The molecule has 0 spiro atoms. The summed E-state index contributed by atoms with van der Waals surface area (Å²) in [5, 5.41) is 0. The first-order valence-electron chi connectivity index (χ1n) is 7.49. The molecular formula is C16H26N2S. The SMILES string of the molecule is CCCC1CCN(c2cccc(SCC)c2CN)C1. The molecule has 1 saturated heterocycles. The summed E-state index contributed by atoms with van der Waals surface area (Å²) in [5.74, 6) is 1.98. The van der Waals surface area contributed by atoms with Crippen molar-refractivity contribution in [1.29, 1.82) is 0 Å². The van der Waals surface area contributed by atoms with Gasteiger partial charge in [0, 0.05) is 35.8 Å². The second-order valence-electron chi connectivity index (χ2n) is 5.28. The Morgan fingerprint density at radius 3 is 2.89 bits per heavy atom. The molecule has 0 aromatic heterocycles. The van der Waals surface area contributed by atoms with Crippen molar-refractivity contribution in [2.24, 2.45) is 11.7 Å². The van der Waals surface area contributed by atoms with Crippen molar-refractivity contribution in [2.75, 3.05) is 23.7 Å². The molecule has 19 heavy (non-hydrogen) atoms. The predicted molar refractivity (Wildman–Crippen MR) is 86.0 cm³/mol. The third-order valence-corrected chi connectivity index (χ3v) is 4.92. The van der Waals surface area contributed by atoms with Crippen LogP contribution in [-0.2, 0) is 6.54 Å². The van der Waals surface area contributed by atoms with Gasteiger partial charge in [-0.25, -0.2) is 0 Å². The lowest BCUT2D eigenvalue weighted by Gasteiger charge is -2.23. The minimum Gasteiger partial charge on any atom is -0.371 e. The molecule has 0 saturated carbocycles. The number of hydrogen-bond acceptors (Lipinski definition) is 3. The maximum absolute atomic E-state index is 6.00. The second kappa shape index (κ2) is 7.20. The van der Waals surface area contributed by atoms with Crippen LogP contribution in [0.5, 0.6) is 0 Å². The average Bonchev–Trinajstić information content (AvgIpc) is 2.88. The largest absolute Gasteiger partial charge is 0.371 e. The summed E-state index contributed by atoms with van der Waals surface area (Å²) in [4.78, 5) is 3.91. The molecule has 1 aliphatic rings. The van der Waals surface area contributed by atoms with Gasteiger partial charge in [0.1, 0.15) is 0 Å². The number of benzene rings is 1. The van der Waals surface area contributed by atoms with E-state index in [2.05, 4.69) is 36.9 Å². The number of nitrogens with two attached hydrogens (primary N) is 1. The van der Waals surface area contributed by atoms with Gasteiger partial charge >= 0.3 is 0 Å². The van der Waals surface area contributed by atoms with Gasteiger partial charge in [-0.3, -0.25) is 0 Å². The van der Waals surface area contributed by atoms with Crippen molar-refractivity contribution in [3.05, 3.63) is 23.8 Å². The van der Waals surface area contributed by atoms with E-state index >= 15 is 0 Å². The molecule has 1 aromatic carbocycles. The molecule has 1 heterocycles. The number of rotatable bonds is 6. The van der Waals surface area contributed by atoms with Gasteiger partial charge in [-0.05, 0) is 36.6 Å². The molecule has 1 atom stereocenters. The Bertz CT molecular complexity index is 406. The van der Waals surface area contributed by atoms with E-state index in [0.717, 1.165) is 11.7 Å². The Balaban J connectivity index is 2.18. The summed E-state index contributed by atoms with van der Waals surface area (Å²) in [7, 11) is 0. The zero-order valence-corrected chi connectivity index (χ0v) is 13.0. The van der Waals surface area contributed by atoms with E-state index < -0.39 is 0 Å². The fourth-order valence-electron chi connectivity index (χ4n) is 3.04. The first-order chi connectivity index (χ1) is 9.30. The van der Waals surface area contributed by atoms with Crippen LogP contribution in [0.3, 0.4) is 0 Å². The Morgan fingerprint density at radius 1 is 1.37 bits per heavy atom. The average molecular weight is 278 g/mol. The van der Waals surface area contributed by atoms with Crippen LogP contribution in [0, 0.1) is 5.92 Å². The number of anilines is 1. The summed E-state index contributed by atoms with van der Waals surface area (Å²) in [6, 6.07) is 6.63. The van der Waals surface area contributed by atoms with E-state index in [9.17, 15) is 0 Å². The van der Waals surface area contributed by atoms with Crippen LogP contribution in [0.1, 0.15) is 38.7 Å². The Morgan fingerprint density at radius 2 is 2.21 bits per heavy atom. The van der Waals surface area contributed by atoms with Crippen LogP contribution < -0.4 is 10.6 Å². The molecule has 2 N–H and O–H groups in total. The monoisotopic (exact) mass is 278 g/mol.